The predicted octanol–water partition coefficient (Wildman–Crippen LogP) is -2.35. The minimum Gasteiger partial charge on any atom is -0.872 e. The molecule has 0 unspecified atom stereocenters. The molecule has 3 rings (SSSR count). The number of hydrogen-bond donors (Lipinski definition) is 0. The Morgan fingerprint density at radius 3 is 1.78 bits per heavy atom. The van der Waals surface area contributed by atoms with E-state index in [9.17, 15) is 15.1 Å². The van der Waals surface area contributed by atoms with E-state index in [1.807, 2.05) is 0 Å². The maximum atomic E-state index is 12.0. The van der Waals surface area contributed by atoms with Crippen LogP contribution in [0.4, 0.5) is 0 Å². The molecule has 0 radical (unpaired) electrons. The summed E-state index contributed by atoms with van der Waals surface area (Å²) in [5.74, 6) is -0.502. The third-order valence-electron chi connectivity index (χ3n) is 2.52. The van der Waals surface area contributed by atoms with Crippen LogP contribution in [0, 0.1) is 4.91 Å². The molecule has 0 spiro atoms. The average molecular weight is 251 g/mol. The normalized spacial score (nSPS) is 10.4. The Morgan fingerprint density at radius 2 is 1.33 bits per heavy atom. The fourth-order valence-electron chi connectivity index (χ4n) is 1.74. The first-order chi connectivity index (χ1) is 8.15. The van der Waals surface area contributed by atoms with Crippen LogP contribution in [-0.2, 0) is 0 Å². The number of hydrogen-bond acceptors (Lipinski definition) is 4. The molecule has 2 aromatic carbocycles. The van der Waals surface area contributed by atoms with E-state index >= 15 is 0 Å². The molecule has 6 heteroatoms. The molecule has 0 aliphatic heterocycles. The molecule has 84 valence electrons. The van der Waals surface area contributed by atoms with Gasteiger partial charge in [-0.3, -0.25) is 0 Å². The summed E-state index contributed by atoms with van der Waals surface area (Å²) in [7, 11) is 0. The third-order valence-corrected chi connectivity index (χ3v) is 2.52. The monoisotopic (exact) mass is 251 g/mol. The molecule has 0 saturated carbocycles. The van der Waals surface area contributed by atoms with Crippen LogP contribution in [0.2, 0.25) is 0 Å². The molecular formula is C12H6NNaO4. The van der Waals surface area contributed by atoms with Crippen molar-refractivity contribution in [3.8, 4) is 11.5 Å². The second kappa shape index (κ2) is 4.61. The summed E-state index contributed by atoms with van der Waals surface area (Å²) < 4.78 is 6.01. The number of fused-ring (bicyclic) bond motifs is 2. The zero-order valence-corrected chi connectivity index (χ0v) is 11.5. The molecule has 0 aliphatic rings. The SMILES string of the molecule is O=[n+]1c2ccc([O-])cc2oc2cc([O-])ccc21.[Na+]. The zero-order chi connectivity index (χ0) is 12.0. The zero-order valence-electron chi connectivity index (χ0n) is 9.54. The minimum absolute atomic E-state index is 0. The summed E-state index contributed by atoms with van der Waals surface area (Å²) in [5.41, 5.74) is 0.864. The largest absolute Gasteiger partial charge is 1.00 e. The van der Waals surface area contributed by atoms with Gasteiger partial charge in [0.2, 0.25) is 11.2 Å². The Morgan fingerprint density at radius 1 is 0.889 bits per heavy atom. The maximum Gasteiger partial charge on any atom is 1.00 e. The second-order valence-corrected chi connectivity index (χ2v) is 3.66. The summed E-state index contributed by atoms with van der Waals surface area (Å²) in [6, 6.07) is 7.83. The summed E-state index contributed by atoms with van der Waals surface area (Å²) in [4.78, 5) is 12.0. The van der Waals surface area contributed by atoms with Gasteiger partial charge in [0, 0.05) is 17.0 Å². The van der Waals surface area contributed by atoms with E-state index < -0.39 is 0 Å². The molecule has 0 fully saturated rings. The van der Waals surface area contributed by atoms with Crippen molar-refractivity contribution in [1.29, 1.82) is 0 Å². The van der Waals surface area contributed by atoms with E-state index in [0.29, 0.717) is 4.43 Å². The van der Waals surface area contributed by atoms with Crippen LogP contribution in [0.3, 0.4) is 0 Å². The van der Waals surface area contributed by atoms with Gasteiger partial charge in [-0.15, -0.1) is 11.5 Å². The molecule has 3 aromatic rings. The van der Waals surface area contributed by atoms with Crippen molar-refractivity contribution in [1.82, 2.24) is 0 Å². The van der Waals surface area contributed by atoms with E-state index in [1.165, 1.54) is 36.4 Å². The van der Waals surface area contributed by atoms with Gasteiger partial charge in [-0.2, -0.15) is 0 Å². The Kier molecular flexibility index (Phi) is 3.30. The smallest absolute Gasteiger partial charge is 0.872 e. The van der Waals surface area contributed by atoms with E-state index in [2.05, 4.69) is 0 Å². The molecule has 0 aliphatic carbocycles. The van der Waals surface area contributed by atoms with Gasteiger partial charge in [-0.25, -0.2) is 0 Å². The average Bonchev–Trinajstić information content (AvgIpc) is 2.28. The Hall–Kier alpha value is -1.56. The summed E-state index contributed by atoms with van der Waals surface area (Å²) >= 11 is 0. The number of aromatic nitrogens is 1. The fourth-order valence-corrected chi connectivity index (χ4v) is 1.74. The summed E-state index contributed by atoms with van der Waals surface area (Å²) in [6.45, 7) is 0. The predicted molar refractivity (Wildman–Crippen MR) is 56.0 cm³/mol. The van der Waals surface area contributed by atoms with E-state index in [1.54, 1.807) is 0 Å². The standard InChI is InChI=1S/C12H7NO4.Na/c14-7-1-3-9-11(5-7)17-12-6-8(15)2-4-10(12)13(9)16;/h1-6H,(H-,14,15,16);/q;+1/p-1. The van der Waals surface area contributed by atoms with Crippen molar-refractivity contribution >= 4 is 22.2 Å². The molecule has 0 atom stereocenters. The molecule has 18 heavy (non-hydrogen) atoms. The molecule has 5 nitrogen and oxygen atoms in total. The van der Waals surface area contributed by atoms with Crippen LogP contribution < -0.4 is 44.2 Å². The van der Waals surface area contributed by atoms with Gasteiger partial charge in [0.15, 0.2) is 0 Å². The Labute approximate surface area is 123 Å². The van der Waals surface area contributed by atoms with E-state index in [0.717, 1.165) is 0 Å². The summed E-state index contributed by atoms with van der Waals surface area (Å²) in [6.07, 6.45) is 0. The first-order valence-corrected chi connectivity index (χ1v) is 4.92. The van der Waals surface area contributed by atoms with Gasteiger partial charge in [0.05, 0.1) is 4.43 Å². The molecule has 0 N–H and O–H groups in total. The number of rotatable bonds is 0. The topological polar surface area (TPSA) is 82.2 Å². The van der Waals surface area contributed by atoms with Gasteiger partial charge < -0.3 is 14.6 Å². The molecule has 1 heterocycles. The Balaban J connectivity index is 0.00000120. The first kappa shape index (κ1) is 12.9. The fraction of sp³-hybridized carbons (Fsp3) is 0. The van der Waals surface area contributed by atoms with Gasteiger partial charge in [-0.1, -0.05) is 12.1 Å². The summed E-state index contributed by atoms with van der Waals surface area (Å²) in [5, 5.41) is 22.3. The van der Waals surface area contributed by atoms with Crippen LogP contribution in [-0.4, -0.2) is 0 Å². The van der Waals surface area contributed by atoms with Crippen molar-refractivity contribution in [2.24, 2.45) is 0 Å². The molecule has 0 bridgehead atoms. The van der Waals surface area contributed by atoms with Crippen LogP contribution in [0.15, 0.2) is 40.8 Å². The van der Waals surface area contributed by atoms with Gasteiger partial charge >= 0.3 is 40.6 Å². The van der Waals surface area contributed by atoms with E-state index in [-0.39, 0.29) is 63.3 Å². The van der Waals surface area contributed by atoms with Crippen LogP contribution >= 0.6 is 0 Å². The maximum absolute atomic E-state index is 12.0. The van der Waals surface area contributed by atoms with Crippen LogP contribution in [0.5, 0.6) is 11.5 Å². The van der Waals surface area contributed by atoms with Gasteiger partial charge in [0.1, 0.15) is 0 Å². The van der Waals surface area contributed by atoms with Crippen molar-refractivity contribution in [3.63, 3.8) is 0 Å². The second-order valence-electron chi connectivity index (χ2n) is 3.66. The van der Waals surface area contributed by atoms with Gasteiger partial charge in [-0.05, 0) is 12.1 Å². The van der Waals surface area contributed by atoms with Crippen LogP contribution in [0.1, 0.15) is 0 Å². The number of benzene rings is 2. The van der Waals surface area contributed by atoms with E-state index in [4.69, 9.17) is 4.42 Å². The van der Waals surface area contributed by atoms with Crippen molar-refractivity contribution < 1.29 is 48.6 Å². The molecular weight excluding hydrogens is 245 g/mol. The Bertz CT molecular complexity index is 734. The molecule has 0 amide bonds. The molecule has 0 saturated heterocycles. The van der Waals surface area contributed by atoms with Crippen molar-refractivity contribution in [2.45, 2.75) is 0 Å². The minimum atomic E-state index is -0.251. The van der Waals surface area contributed by atoms with Crippen LogP contribution in [0.25, 0.3) is 22.2 Å². The first-order valence-electron chi connectivity index (χ1n) is 4.92. The third kappa shape index (κ3) is 1.96. The number of nitrogens with zero attached hydrogens (tertiary/aromatic N) is 1. The van der Waals surface area contributed by atoms with Crippen molar-refractivity contribution in [3.05, 3.63) is 41.3 Å². The van der Waals surface area contributed by atoms with Gasteiger partial charge in [0.25, 0.3) is 0 Å². The quantitative estimate of drug-likeness (QED) is 0.254. The molecule has 1 aromatic heterocycles. The van der Waals surface area contributed by atoms with Crippen molar-refractivity contribution in [2.75, 3.05) is 0 Å².